The van der Waals surface area contributed by atoms with E-state index < -0.39 is 11.8 Å². The zero-order valence-corrected chi connectivity index (χ0v) is 15.7. The normalized spacial score (nSPS) is 10.4. The third kappa shape index (κ3) is 5.13. The molecule has 0 unspecified atom stereocenters. The molecule has 9 heteroatoms. The topological polar surface area (TPSA) is 118 Å². The molecule has 0 saturated heterocycles. The van der Waals surface area contributed by atoms with Crippen LogP contribution in [-0.2, 0) is 4.79 Å². The highest BCUT2D eigenvalue weighted by Gasteiger charge is 2.17. The zero-order chi connectivity index (χ0) is 20.5. The fraction of sp³-hybridized carbons (Fsp3) is 0.211. The number of methoxy groups -OCH3 is 3. The maximum absolute atomic E-state index is 12.3. The van der Waals surface area contributed by atoms with Crippen molar-refractivity contribution in [2.24, 2.45) is 5.10 Å². The lowest BCUT2D eigenvalue weighted by Crippen LogP contribution is -2.34. The Morgan fingerprint density at radius 2 is 1.71 bits per heavy atom. The number of hydrogen-bond acceptors (Lipinski definition) is 7. The van der Waals surface area contributed by atoms with Crippen LogP contribution in [0.15, 0.2) is 41.5 Å². The summed E-state index contributed by atoms with van der Waals surface area (Å²) in [7, 11) is 4.34. The van der Waals surface area contributed by atoms with Crippen LogP contribution < -0.4 is 25.0 Å². The summed E-state index contributed by atoms with van der Waals surface area (Å²) in [6, 6.07) is 9.48. The highest BCUT2D eigenvalue weighted by atomic mass is 16.5. The monoisotopic (exact) mass is 387 g/mol. The summed E-state index contributed by atoms with van der Waals surface area (Å²) in [6.45, 7) is -0.298. The van der Waals surface area contributed by atoms with Gasteiger partial charge < -0.3 is 24.6 Å². The number of phenols is 1. The van der Waals surface area contributed by atoms with E-state index in [4.69, 9.17) is 14.2 Å². The van der Waals surface area contributed by atoms with Gasteiger partial charge in [-0.3, -0.25) is 9.59 Å². The van der Waals surface area contributed by atoms with Crippen molar-refractivity contribution in [3.8, 4) is 23.0 Å². The summed E-state index contributed by atoms with van der Waals surface area (Å²) in [6.07, 6.45) is 1.30. The number of ether oxygens (including phenoxy) is 3. The molecule has 2 aromatic rings. The molecule has 0 radical (unpaired) electrons. The lowest BCUT2D eigenvalue weighted by molar-refractivity contribution is -0.120. The Kier molecular flexibility index (Phi) is 7.21. The van der Waals surface area contributed by atoms with Crippen molar-refractivity contribution in [3.63, 3.8) is 0 Å². The molecule has 0 bridgehead atoms. The molecule has 0 spiro atoms. The van der Waals surface area contributed by atoms with Gasteiger partial charge in [0.25, 0.3) is 11.8 Å². The van der Waals surface area contributed by atoms with Crippen molar-refractivity contribution in [2.75, 3.05) is 27.9 Å². The maximum atomic E-state index is 12.3. The number of rotatable bonds is 8. The fourth-order valence-electron chi connectivity index (χ4n) is 2.28. The van der Waals surface area contributed by atoms with Gasteiger partial charge in [0.15, 0.2) is 11.5 Å². The molecule has 0 aliphatic rings. The van der Waals surface area contributed by atoms with E-state index in [2.05, 4.69) is 15.8 Å². The first-order valence-corrected chi connectivity index (χ1v) is 8.18. The fourth-order valence-corrected chi connectivity index (χ4v) is 2.28. The number of benzene rings is 2. The molecule has 0 aromatic heterocycles. The number of nitrogens with one attached hydrogen (secondary N) is 2. The molecule has 148 valence electrons. The lowest BCUT2D eigenvalue weighted by Gasteiger charge is -2.14. The van der Waals surface area contributed by atoms with Crippen LogP contribution in [0.2, 0.25) is 0 Å². The van der Waals surface area contributed by atoms with Crippen molar-refractivity contribution in [1.82, 2.24) is 10.7 Å². The molecule has 0 aliphatic heterocycles. The summed E-state index contributed by atoms with van der Waals surface area (Å²) in [5.74, 6) is 0.00740. The van der Waals surface area contributed by atoms with E-state index in [0.717, 1.165) is 0 Å². The number of carbonyl (C=O) groups is 2. The van der Waals surface area contributed by atoms with E-state index in [-0.39, 0.29) is 17.9 Å². The third-order valence-electron chi connectivity index (χ3n) is 3.67. The minimum absolute atomic E-state index is 0.0382. The predicted molar refractivity (Wildman–Crippen MR) is 102 cm³/mol. The Labute approximate surface area is 161 Å². The van der Waals surface area contributed by atoms with Crippen LogP contribution in [0.3, 0.4) is 0 Å². The van der Waals surface area contributed by atoms with Crippen LogP contribution in [-0.4, -0.2) is 51.0 Å². The molecule has 0 heterocycles. The van der Waals surface area contributed by atoms with Crippen LogP contribution in [0.1, 0.15) is 15.9 Å². The molecule has 0 atom stereocenters. The second-order valence-corrected chi connectivity index (χ2v) is 5.45. The Hall–Kier alpha value is -3.75. The van der Waals surface area contributed by atoms with E-state index in [1.165, 1.54) is 45.7 Å². The van der Waals surface area contributed by atoms with Crippen LogP contribution in [0.5, 0.6) is 23.0 Å². The van der Waals surface area contributed by atoms with E-state index in [0.29, 0.717) is 22.8 Å². The first-order chi connectivity index (χ1) is 13.5. The van der Waals surface area contributed by atoms with Crippen LogP contribution in [0, 0.1) is 0 Å². The minimum Gasteiger partial charge on any atom is -0.507 e. The molecule has 2 amide bonds. The molecular weight excluding hydrogens is 366 g/mol. The van der Waals surface area contributed by atoms with Gasteiger partial charge >= 0.3 is 0 Å². The number of hydrazone groups is 1. The van der Waals surface area contributed by atoms with Gasteiger partial charge in [0.05, 0.1) is 34.1 Å². The average molecular weight is 387 g/mol. The van der Waals surface area contributed by atoms with Gasteiger partial charge in [0.1, 0.15) is 5.75 Å². The summed E-state index contributed by atoms with van der Waals surface area (Å²) >= 11 is 0. The first kappa shape index (κ1) is 20.6. The van der Waals surface area contributed by atoms with E-state index in [1.54, 1.807) is 18.2 Å². The largest absolute Gasteiger partial charge is 0.507 e. The van der Waals surface area contributed by atoms with Gasteiger partial charge in [0, 0.05) is 11.1 Å². The first-order valence-electron chi connectivity index (χ1n) is 8.18. The molecule has 2 aromatic carbocycles. The molecule has 0 aliphatic carbocycles. The number of nitrogens with zero attached hydrogens (tertiary/aromatic N) is 1. The van der Waals surface area contributed by atoms with Crippen molar-refractivity contribution in [1.29, 1.82) is 0 Å². The van der Waals surface area contributed by atoms with Gasteiger partial charge in [-0.1, -0.05) is 12.1 Å². The number of hydrogen-bond donors (Lipinski definition) is 3. The Morgan fingerprint density at radius 3 is 2.29 bits per heavy atom. The summed E-state index contributed by atoms with van der Waals surface area (Å²) < 4.78 is 15.6. The highest BCUT2D eigenvalue weighted by Crippen LogP contribution is 2.38. The minimum atomic E-state index is -0.535. The van der Waals surface area contributed by atoms with Crippen molar-refractivity contribution in [2.45, 2.75) is 0 Å². The smallest absolute Gasteiger partial charge is 0.259 e. The molecule has 2 rings (SSSR count). The molecule has 28 heavy (non-hydrogen) atoms. The molecule has 9 nitrogen and oxygen atoms in total. The number of carbonyl (C=O) groups excluding carboxylic acids is 2. The van der Waals surface area contributed by atoms with Gasteiger partial charge in [-0.15, -0.1) is 0 Å². The van der Waals surface area contributed by atoms with Gasteiger partial charge in [-0.2, -0.15) is 5.10 Å². The van der Waals surface area contributed by atoms with Crippen LogP contribution >= 0.6 is 0 Å². The predicted octanol–water partition coefficient (Wildman–Crippen LogP) is 1.30. The number of phenolic OH excluding ortho intramolecular Hbond substituents is 1. The molecular formula is C19H21N3O6. The quantitative estimate of drug-likeness (QED) is 0.464. The van der Waals surface area contributed by atoms with E-state index in [9.17, 15) is 14.7 Å². The standard InChI is InChI=1S/C19H21N3O6/c1-26-15-8-13(9-16(27-2)18(15)28-3)19(25)20-11-17(24)22-21-10-12-6-4-5-7-14(12)23/h4-10,23H,11H2,1-3H3,(H,20,25)(H,22,24). The average Bonchev–Trinajstić information content (AvgIpc) is 2.72. The number of aromatic hydroxyl groups is 1. The molecule has 0 saturated carbocycles. The number of amides is 2. The Balaban J connectivity index is 1.96. The van der Waals surface area contributed by atoms with Crippen molar-refractivity contribution < 1.29 is 28.9 Å². The molecule has 3 N–H and O–H groups in total. The van der Waals surface area contributed by atoms with Crippen LogP contribution in [0.25, 0.3) is 0 Å². The Morgan fingerprint density at radius 1 is 1.07 bits per heavy atom. The van der Waals surface area contributed by atoms with Gasteiger partial charge in [0.2, 0.25) is 5.75 Å². The summed E-state index contributed by atoms with van der Waals surface area (Å²) in [5.41, 5.74) is 2.95. The third-order valence-corrected chi connectivity index (χ3v) is 3.67. The second kappa shape index (κ2) is 9.81. The maximum Gasteiger partial charge on any atom is 0.259 e. The van der Waals surface area contributed by atoms with Crippen molar-refractivity contribution in [3.05, 3.63) is 47.5 Å². The van der Waals surface area contributed by atoms with Crippen LogP contribution in [0.4, 0.5) is 0 Å². The van der Waals surface area contributed by atoms with Gasteiger partial charge in [-0.05, 0) is 24.3 Å². The highest BCUT2D eigenvalue weighted by molar-refractivity contribution is 5.97. The van der Waals surface area contributed by atoms with Gasteiger partial charge in [-0.25, -0.2) is 5.43 Å². The van der Waals surface area contributed by atoms with E-state index in [1.807, 2.05) is 0 Å². The number of para-hydroxylation sites is 1. The van der Waals surface area contributed by atoms with Crippen molar-refractivity contribution >= 4 is 18.0 Å². The lowest BCUT2D eigenvalue weighted by atomic mass is 10.1. The summed E-state index contributed by atoms with van der Waals surface area (Å²) in [5, 5.41) is 15.8. The summed E-state index contributed by atoms with van der Waals surface area (Å²) in [4.78, 5) is 24.1. The molecule has 0 fully saturated rings. The van der Waals surface area contributed by atoms with E-state index >= 15 is 0 Å². The second-order valence-electron chi connectivity index (χ2n) is 5.45. The zero-order valence-electron chi connectivity index (χ0n) is 15.7. The SMILES string of the molecule is COc1cc(C(=O)NCC(=O)NN=Cc2ccccc2O)cc(OC)c1OC. The Bertz CT molecular complexity index is 857.